The molecule has 4 fully saturated rings. The number of halogens is 4. The average Bonchev–Trinajstić information content (AvgIpc) is 4.07. The normalized spacial score (nSPS) is 31.1. The van der Waals surface area contributed by atoms with Gasteiger partial charge in [-0.2, -0.15) is 8.78 Å². The molecule has 20 heteroatoms. The number of methoxy groups -OCH3 is 1. The number of hydrogen-bond donors (Lipinski definition) is 3. The number of aromatic nitrogens is 2. The number of ether oxygens (including phenoxy) is 3. The first-order valence-corrected chi connectivity index (χ1v) is 21.6. The quantitative estimate of drug-likeness (QED) is 0.315. The molecule has 3 saturated carbocycles. The van der Waals surface area contributed by atoms with Gasteiger partial charge < -0.3 is 29.7 Å². The summed E-state index contributed by atoms with van der Waals surface area (Å²) >= 11 is 0. The van der Waals surface area contributed by atoms with Crippen molar-refractivity contribution in [3.8, 4) is 11.6 Å². The lowest BCUT2D eigenvalue weighted by atomic mass is 9.85. The second kappa shape index (κ2) is 15.5. The van der Waals surface area contributed by atoms with Crippen molar-refractivity contribution in [2.45, 2.75) is 133 Å². The van der Waals surface area contributed by atoms with E-state index in [4.69, 9.17) is 14.2 Å². The number of carbonyl (C=O) groups excluding carboxylic acids is 4. The lowest BCUT2D eigenvalue weighted by Crippen LogP contribution is -2.61. The fraction of sp³-hybridized carbons (Fsp3) is 0.692. The van der Waals surface area contributed by atoms with Crippen LogP contribution in [0.2, 0.25) is 0 Å². The second-order valence-electron chi connectivity index (χ2n) is 17.5. The molecule has 1 unspecified atom stereocenters. The maximum Gasteiger partial charge on any atom is 0.408 e. The van der Waals surface area contributed by atoms with Crippen LogP contribution < -0.4 is 24.8 Å². The van der Waals surface area contributed by atoms with E-state index in [1.54, 1.807) is 33.8 Å². The Labute approximate surface area is 339 Å². The van der Waals surface area contributed by atoms with Crippen LogP contribution in [0.5, 0.6) is 11.6 Å². The minimum Gasteiger partial charge on any atom is -0.497 e. The number of benzene rings is 1. The number of rotatable bonds is 8. The Morgan fingerprint density at radius 2 is 1.80 bits per heavy atom. The molecule has 15 nitrogen and oxygen atoms in total. The maximum absolute atomic E-state index is 16.3. The Morgan fingerprint density at radius 1 is 1.07 bits per heavy atom. The summed E-state index contributed by atoms with van der Waals surface area (Å²) in [5.41, 5.74) is -3.81. The van der Waals surface area contributed by atoms with E-state index in [0.717, 1.165) is 4.90 Å². The van der Waals surface area contributed by atoms with Crippen molar-refractivity contribution < 1.29 is 59.4 Å². The molecule has 3 heterocycles. The Morgan fingerprint density at radius 3 is 2.42 bits per heavy atom. The molecular weight excluding hydrogens is 805 g/mol. The summed E-state index contributed by atoms with van der Waals surface area (Å²) in [6.45, 7) is 6.22. The molecule has 2 aliphatic heterocycles. The maximum atomic E-state index is 16.3. The fourth-order valence-electron chi connectivity index (χ4n) is 8.33. The van der Waals surface area contributed by atoms with E-state index in [9.17, 15) is 36.4 Å². The first kappa shape index (κ1) is 42.6. The highest BCUT2D eigenvalue weighted by molar-refractivity contribution is 7.91. The summed E-state index contributed by atoms with van der Waals surface area (Å²) < 4.78 is 106. The highest BCUT2D eigenvalue weighted by Gasteiger charge is 2.67. The Hall–Kier alpha value is -4.49. The standard InChI is InChI=1S/C39H50F4N6O9S/c1-6-22-27-18-49(28(22)32(50)47-38(17-23(38)31(40)41)35(52)48-59(54,55)21-11-12-21)34(51)30(37(2,3)4)46-36(53)58-26-15-19(26)9-7-8-14-39(42,43)29-33(57-27)45-25-16-20(56-5)10-13-24(25)44-29/h10,13,16,19,21-23,26-28,30-31H,6-9,11-12,14-15,17-18H2,1-5H3,(H,46,53)(H,47,50)(H,48,52)/t19-,22-,23+,26-,27+,28+,30-,38?/m1/s1. The number of amides is 4. The Kier molecular flexibility index (Phi) is 11.2. The summed E-state index contributed by atoms with van der Waals surface area (Å²) in [7, 11) is -2.79. The van der Waals surface area contributed by atoms with Gasteiger partial charge in [-0.25, -0.2) is 32.0 Å². The third-order valence-corrected chi connectivity index (χ3v) is 14.0. The average molecular weight is 855 g/mol. The van der Waals surface area contributed by atoms with E-state index in [0.29, 0.717) is 25.0 Å². The van der Waals surface area contributed by atoms with E-state index in [-0.39, 0.29) is 42.6 Å². The van der Waals surface area contributed by atoms with Gasteiger partial charge in [0.1, 0.15) is 35.6 Å². The summed E-state index contributed by atoms with van der Waals surface area (Å²) in [6, 6.07) is 1.60. The molecule has 1 saturated heterocycles. The van der Waals surface area contributed by atoms with Gasteiger partial charge in [0.05, 0.1) is 35.9 Å². The number of sulfonamides is 1. The molecule has 7 rings (SSSR count). The van der Waals surface area contributed by atoms with Gasteiger partial charge in [-0.05, 0) is 68.4 Å². The molecule has 59 heavy (non-hydrogen) atoms. The molecule has 0 spiro atoms. The molecule has 1 aromatic heterocycles. The van der Waals surface area contributed by atoms with Gasteiger partial charge in [-0.15, -0.1) is 0 Å². The van der Waals surface area contributed by atoms with Crippen LogP contribution >= 0.6 is 0 Å². The van der Waals surface area contributed by atoms with E-state index in [1.807, 2.05) is 4.72 Å². The summed E-state index contributed by atoms with van der Waals surface area (Å²) in [5.74, 6) is -9.81. The first-order valence-electron chi connectivity index (χ1n) is 20.0. The van der Waals surface area contributed by atoms with Gasteiger partial charge in [0.15, 0.2) is 5.69 Å². The molecule has 5 aliphatic rings. The van der Waals surface area contributed by atoms with E-state index >= 15 is 8.78 Å². The molecule has 0 radical (unpaired) electrons. The Balaban J connectivity index is 1.30. The summed E-state index contributed by atoms with van der Waals surface area (Å²) in [5, 5.41) is 4.17. The zero-order valence-electron chi connectivity index (χ0n) is 33.4. The number of nitrogens with one attached hydrogen (secondary N) is 3. The minimum absolute atomic E-state index is 0.0549. The minimum atomic E-state index is -4.21. The number of fused-ring (bicyclic) bond motifs is 5. The van der Waals surface area contributed by atoms with Gasteiger partial charge >= 0.3 is 6.09 Å². The second-order valence-corrected chi connectivity index (χ2v) is 19.5. The van der Waals surface area contributed by atoms with Crippen molar-refractivity contribution in [1.82, 2.24) is 30.2 Å². The van der Waals surface area contributed by atoms with Gasteiger partial charge in [0.25, 0.3) is 11.8 Å². The highest BCUT2D eigenvalue weighted by Crippen LogP contribution is 2.49. The van der Waals surface area contributed by atoms with Crippen LogP contribution in [0.3, 0.4) is 0 Å². The van der Waals surface area contributed by atoms with Crippen molar-refractivity contribution >= 4 is 44.9 Å². The smallest absolute Gasteiger partial charge is 0.408 e. The van der Waals surface area contributed by atoms with Crippen LogP contribution in [0.15, 0.2) is 18.2 Å². The number of nitrogens with zero attached hydrogens (tertiary/aromatic N) is 3. The molecule has 324 valence electrons. The van der Waals surface area contributed by atoms with Crippen LogP contribution in [-0.4, -0.2) is 102 Å². The van der Waals surface area contributed by atoms with Gasteiger partial charge in [0.2, 0.25) is 34.1 Å². The van der Waals surface area contributed by atoms with Gasteiger partial charge in [-0.1, -0.05) is 34.1 Å². The monoisotopic (exact) mass is 854 g/mol. The largest absolute Gasteiger partial charge is 0.497 e. The van der Waals surface area contributed by atoms with Crippen molar-refractivity contribution in [2.75, 3.05) is 13.7 Å². The van der Waals surface area contributed by atoms with Gasteiger partial charge in [0, 0.05) is 18.4 Å². The molecule has 4 amide bonds. The van der Waals surface area contributed by atoms with Crippen LogP contribution in [0, 0.1) is 23.2 Å². The fourth-order valence-corrected chi connectivity index (χ4v) is 9.70. The first-order chi connectivity index (χ1) is 27.7. The molecule has 1 aromatic carbocycles. The number of hydrogen-bond acceptors (Lipinski definition) is 11. The molecule has 2 bridgehead atoms. The zero-order valence-corrected chi connectivity index (χ0v) is 34.3. The molecule has 3 N–H and O–H groups in total. The van der Waals surface area contributed by atoms with Crippen LogP contribution in [0.25, 0.3) is 11.0 Å². The van der Waals surface area contributed by atoms with E-state index < -0.39 is 129 Å². The zero-order chi connectivity index (χ0) is 42.8. The van der Waals surface area contributed by atoms with E-state index in [1.165, 1.54) is 19.2 Å². The predicted octanol–water partition coefficient (Wildman–Crippen LogP) is 4.57. The number of carbonyl (C=O) groups is 4. The lowest BCUT2D eigenvalue weighted by molar-refractivity contribution is -0.144. The van der Waals surface area contributed by atoms with Crippen molar-refractivity contribution in [2.24, 2.45) is 23.2 Å². The van der Waals surface area contributed by atoms with Crippen LogP contribution in [0.4, 0.5) is 22.4 Å². The Bertz CT molecular complexity index is 2120. The van der Waals surface area contributed by atoms with E-state index in [2.05, 4.69) is 20.6 Å². The highest BCUT2D eigenvalue weighted by atomic mass is 32.2. The van der Waals surface area contributed by atoms with Crippen molar-refractivity contribution in [3.05, 3.63) is 23.9 Å². The van der Waals surface area contributed by atoms with Crippen molar-refractivity contribution in [1.29, 1.82) is 0 Å². The third-order valence-electron chi connectivity index (χ3n) is 12.1. The summed E-state index contributed by atoms with van der Waals surface area (Å²) in [6.07, 6.45) is -4.81. The SMILES string of the molecule is CC[C@@H]1[C@@H]2CN(C(=O)[C@H](C(C)(C)C)NC(=O)O[C@@H]3C[C@H]3CCCCC(F)(F)c3nc4ccc(OC)cc4nc3O2)[C@@H]1C(=O)NC1(C(=O)NS(=O)(=O)C2CC2)C[C@H]1C(F)F. The topological polar surface area (TPSA) is 195 Å². The van der Waals surface area contributed by atoms with Crippen LogP contribution in [-0.2, 0) is 35.1 Å². The third kappa shape index (κ3) is 8.60. The summed E-state index contributed by atoms with van der Waals surface area (Å²) in [4.78, 5) is 66.1. The van der Waals surface area contributed by atoms with Crippen molar-refractivity contribution in [3.63, 3.8) is 0 Å². The number of alkyl halides is 4. The predicted molar refractivity (Wildman–Crippen MR) is 202 cm³/mol. The molecule has 2 aromatic rings. The van der Waals surface area contributed by atoms with Crippen LogP contribution in [0.1, 0.15) is 91.2 Å². The molecule has 3 aliphatic carbocycles. The molecular formula is C39H50F4N6O9S. The van der Waals surface area contributed by atoms with Gasteiger partial charge in [-0.3, -0.25) is 19.1 Å². The lowest BCUT2D eigenvalue weighted by Gasteiger charge is -2.36. The number of alkyl carbamates (subject to hydrolysis) is 1. The molecule has 8 atom stereocenters.